The number of hydrogen-bond acceptors (Lipinski definition) is 7. The topological polar surface area (TPSA) is 82.0 Å². The molecule has 1 amide bonds. The molecule has 2 aromatic rings. The Morgan fingerprint density at radius 2 is 2.23 bits per heavy atom. The van der Waals surface area contributed by atoms with Crippen LogP contribution in [0.5, 0.6) is 5.75 Å². The minimum atomic E-state index is -0.934. The SMILES string of the molecule is C#CCOCC(C)(/C=N/OC)NC(=O)C(Oc1ccc2ncc(C#C)cc2c1)SC. The highest BCUT2D eigenvalue weighted by atomic mass is 32.2. The molecule has 30 heavy (non-hydrogen) atoms. The summed E-state index contributed by atoms with van der Waals surface area (Å²) in [5, 5.41) is 7.44. The maximum atomic E-state index is 12.9. The maximum absolute atomic E-state index is 12.9. The molecule has 0 aliphatic carbocycles. The zero-order valence-electron chi connectivity index (χ0n) is 17.0. The highest BCUT2D eigenvalue weighted by molar-refractivity contribution is 7.99. The smallest absolute Gasteiger partial charge is 0.272 e. The van der Waals surface area contributed by atoms with E-state index in [1.54, 1.807) is 31.5 Å². The van der Waals surface area contributed by atoms with Gasteiger partial charge in [0.15, 0.2) is 0 Å². The van der Waals surface area contributed by atoms with Crippen molar-refractivity contribution in [1.82, 2.24) is 10.3 Å². The number of nitrogens with zero attached hydrogens (tertiary/aromatic N) is 2. The van der Waals surface area contributed by atoms with Crippen LogP contribution in [0.4, 0.5) is 0 Å². The Kier molecular flexibility index (Phi) is 8.54. The molecule has 156 valence electrons. The van der Waals surface area contributed by atoms with Gasteiger partial charge in [0.1, 0.15) is 19.5 Å². The molecule has 2 unspecified atom stereocenters. The number of fused-ring (bicyclic) bond motifs is 1. The number of amides is 1. The van der Waals surface area contributed by atoms with E-state index in [1.807, 2.05) is 12.1 Å². The quantitative estimate of drug-likeness (QED) is 0.207. The van der Waals surface area contributed by atoms with Crippen molar-refractivity contribution in [3.63, 3.8) is 0 Å². The second-order valence-electron chi connectivity index (χ2n) is 6.43. The Labute approximate surface area is 180 Å². The third kappa shape index (κ3) is 6.41. The molecule has 0 bridgehead atoms. The number of ether oxygens (including phenoxy) is 2. The van der Waals surface area contributed by atoms with E-state index in [1.165, 1.54) is 25.1 Å². The average molecular weight is 426 g/mol. The van der Waals surface area contributed by atoms with Crippen LogP contribution in [0.2, 0.25) is 0 Å². The van der Waals surface area contributed by atoms with Gasteiger partial charge in [0.2, 0.25) is 5.44 Å². The van der Waals surface area contributed by atoms with Gasteiger partial charge in [-0.05, 0) is 37.4 Å². The van der Waals surface area contributed by atoms with Crippen LogP contribution in [0.3, 0.4) is 0 Å². The standard InChI is InChI=1S/C22H23N3O4S/c1-6-10-28-15-22(3,14-24-27-4)25-20(26)21(30-5)29-18-8-9-19-17(12-18)11-16(7-2)13-23-19/h1-2,8-9,11-14,21H,10,15H2,3-5H3,(H,25,26)/b24-14+. The van der Waals surface area contributed by atoms with Gasteiger partial charge in [0, 0.05) is 17.1 Å². The zero-order chi connectivity index (χ0) is 22.0. The number of aromatic nitrogens is 1. The number of thioether (sulfide) groups is 1. The van der Waals surface area contributed by atoms with Gasteiger partial charge in [-0.25, -0.2) is 0 Å². The molecule has 1 aromatic carbocycles. The lowest BCUT2D eigenvalue weighted by molar-refractivity contribution is -0.126. The molecular weight excluding hydrogens is 402 g/mol. The van der Waals surface area contributed by atoms with Crippen molar-refractivity contribution in [2.45, 2.75) is 17.9 Å². The zero-order valence-corrected chi connectivity index (χ0v) is 17.9. The summed E-state index contributed by atoms with van der Waals surface area (Å²) in [6.07, 6.45) is 15.5. The molecule has 0 aliphatic heterocycles. The van der Waals surface area contributed by atoms with E-state index in [9.17, 15) is 4.79 Å². The fourth-order valence-corrected chi connectivity index (χ4v) is 3.01. The van der Waals surface area contributed by atoms with Crippen molar-refractivity contribution in [3.05, 3.63) is 36.0 Å². The first kappa shape index (κ1) is 23.1. The van der Waals surface area contributed by atoms with Crippen molar-refractivity contribution in [2.24, 2.45) is 5.16 Å². The molecule has 2 atom stereocenters. The predicted molar refractivity (Wildman–Crippen MR) is 119 cm³/mol. The summed E-state index contributed by atoms with van der Waals surface area (Å²) in [5.41, 5.74) is -0.301. The maximum Gasteiger partial charge on any atom is 0.272 e. The third-order valence-electron chi connectivity index (χ3n) is 3.93. The van der Waals surface area contributed by atoms with Gasteiger partial charge in [-0.3, -0.25) is 9.78 Å². The van der Waals surface area contributed by atoms with Crippen molar-refractivity contribution in [2.75, 3.05) is 26.6 Å². The first-order valence-corrected chi connectivity index (χ1v) is 10.2. The summed E-state index contributed by atoms with van der Waals surface area (Å²) >= 11 is 1.25. The first-order chi connectivity index (χ1) is 14.4. The lowest BCUT2D eigenvalue weighted by atomic mass is 10.1. The summed E-state index contributed by atoms with van der Waals surface area (Å²) in [4.78, 5) is 21.9. The number of oxime groups is 1. The number of pyridine rings is 1. The Hall–Kier alpha value is -3.20. The Morgan fingerprint density at radius 1 is 1.43 bits per heavy atom. The third-order valence-corrected chi connectivity index (χ3v) is 4.67. The molecule has 8 heteroatoms. The predicted octanol–water partition coefficient (Wildman–Crippen LogP) is 2.44. The summed E-state index contributed by atoms with van der Waals surface area (Å²) in [6, 6.07) is 7.19. The molecule has 0 radical (unpaired) electrons. The molecule has 2 rings (SSSR count). The molecule has 0 aliphatic rings. The van der Waals surface area contributed by atoms with Gasteiger partial charge in [-0.1, -0.05) is 17.0 Å². The number of terminal acetylenes is 2. The minimum Gasteiger partial charge on any atom is -0.470 e. The monoisotopic (exact) mass is 425 g/mol. The number of rotatable bonds is 10. The molecule has 0 spiro atoms. The van der Waals surface area contributed by atoms with Gasteiger partial charge in [0.05, 0.1) is 23.9 Å². The highest BCUT2D eigenvalue weighted by Crippen LogP contribution is 2.23. The highest BCUT2D eigenvalue weighted by Gasteiger charge is 2.30. The number of carbonyl (C=O) groups excluding carboxylic acids is 1. The van der Waals surface area contributed by atoms with E-state index < -0.39 is 11.0 Å². The van der Waals surface area contributed by atoms with Crippen molar-refractivity contribution in [3.8, 4) is 30.4 Å². The number of hydrogen-bond donors (Lipinski definition) is 1. The van der Waals surface area contributed by atoms with Crippen LogP contribution >= 0.6 is 11.8 Å². The summed E-state index contributed by atoms with van der Waals surface area (Å²) in [5.74, 6) is 5.10. The van der Waals surface area contributed by atoms with Crippen molar-refractivity contribution >= 4 is 34.8 Å². The molecule has 7 nitrogen and oxygen atoms in total. The van der Waals surface area contributed by atoms with E-state index in [4.69, 9.17) is 27.2 Å². The molecule has 0 fully saturated rings. The van der Waals surface area contributed by atoms with E-state index >= 15 is 0 Å². The number of benzene rings is 1. The van der Waals surface area contributed by atoms with Crippen LogP contribution in [0, 0.1) is 24.7 Å². The van der Waals surface area contributed by atoms with Crippen molar-refractivity contribution < 1.29 is 19.1 Å². The molecule has 1 aromatic heterocycles. The fourth-order valence-electron chi connectivity index (χ4n) is 2.53. The van der Waals surface area contributed by atoms with Crippen LogP contribution in [0.15, 0.2) is 35.6 Å². The number of nitrogens with one attached hydrogen (secondary N) is 1. The summed E-state index contributed by atoms with van der Waals surface area (Å²) < 4.78 is 11.3. The molecule has 0 saturated heterocycles. The second-order valence-corrected chi connectivity index (χ2v) is 7.33. The Bertz CT molecular complexity index is 996. The molecule has 1 N–H and O–H groups in total. The largest absolute Gasteiger partial charge is 0.470 e. The van der Waals surface area contributed by atoms with Crippen LogP contribution in [-0.4, -0.2) is 54.7 Å². The van der Waals surface area contributed by atoms with Gasteiger partial charge >= 0.3 is 0 Å². The first-order valence-electron chi connectivity index (χ1n) is 8.91. The average Bonchev–Trinajstić information content (AvgIpc) is 2.75. The fraction of sp³-hybridized carbons (Fsp3) is 0.318. The summed E-state index contributed by atoms with van der Waals surface area (Å²) in [6.45, 7) is 1.97. The van der Waals surface area contributed by atoms with Gasteiger partial charge in [0.25, 0.3) is 5.91 Å². The van der Waals surface area contributed by atoms with Crippen LogP contribution in [0.1, 0.15) is 12.5 Å². The normalized spacial score (nSPS) is 13.8. The van der Waals surface area contributed by atoms with Crippen LogP contribution in [-0.2, 0) is 14.4 Å². The minimum absolute atomic E-state index is 0.111. The lowest BCUT2D eigenvalue weighted by Crippen LogP contribution is -2.54. The van der Waals surface area contributed by atoms with Gasteiger partial charge in [-0.15, -0.1) is 24.6 Å². The van der Waals surface area contributed by atoms with Gasteiger partial charge in [-0.2, -0.15) is 0 Å². The summed E-state index contributed by atoms with van der Waals surface area (Å²) in [7, 11) is 1.41. The Balaban J connectivity index is 2.16. The van der Waals surface area contributed by atoms with Crippen molar-refractivity contribution in [1.29, 1.82) is 0 Å². The molecule has 1 heterocycles. The van der Waals surface area contributed by atoms with E-state index in [2.05, 4.69) is 27.3 Å². The van der Waals surface area contributed by atoms with E-state index in [-0.39, 0.29) is 19.1 Å². The number of carbonyl (C=O) groups is 1. The lowest BCUT2D eigenvalue weighted by Gasteiger charge is -2.28. The van der Waals surface area contributed by atoms with E-state index in [0.717, 1.165) is 10.9 Å². The van der Waals surface area contributed by atoms with Crippen LogP contribution < -0.4 is 10.1 Å². The van der Waals surface area contributed by atoms with Crippen LogP contribution in [0.25, 0.3) is 10.9 Å². The molecular formula is C22H23N3O4S. The van der Waals surface area contributed by atoms with Gasteiger partial charge < -0.3 is 19.6 Å². The van der Waals surface area contributed by atoms with E-state index in [0.29, 0.717) is 11.3 Å². The second kappa shape index (κ2) is 11.1. The molecule has 0 saturated carbocycles. The Morgan fingerprint density at radius 3 is 2.90 bits per heavy atom.